The predicted octanol–water partition coefficient (Wildman–Crippen LogP) is 1.82. The van der Waals surface area contributed by atoms with Gasteiger partial charge in [-0.15, -0.1) is 0 Å². The minimum Gasteiger partial charge on any atom is -0.399 e. The third kappa shape index (κ3) is 1.73. The number of halogens is 1. The van der Waals surface area contributed by atoms with Gasteiger partial charge in [0.05, 0.1) is 0 Å². The Hall–Kier alpha value is -1.09. The van der Waals surface area contributed by atoms with Gasteiger partial charge in [0, 0.05) is 5.69 Å². The molecule has 14 heavy (non-hydrogen) atoms. The predicted molar refractivity (Wildman–Crippen MR) is 55.7 cm³/mol. The molecular weight excluding hydrogens is 179 g/mol. The standard InChI is InChI=1S/C11H15FN2/c12-11(5-7-14-8-6-11)9-1-3-10(13)4-2-9/h1-4,14H,5-8,13H2. The molecule has 3 heteroatoms. The van der Waals surface area contributed by atoms with Gasteiger partial charge in [-0.05, 0) is 43.6 Å². The summed E-state index contributed by atoms with van der Waals surface area (Å²) in [7, 11) is 0. The van der Waals surface area contributed by atoms with Gasteiger partial charge in [-0.3, -0.25) is 0 Å². The van der Waals surface area contributed by atoms with Gasteiger partial charge in [0.1, 0.15) is 5.67 Å². The first-order chi connectivity index (χ1) is 6.71. The summed E-state index contributed by atoms with van der Waals surface area (Å²) in [5, 5.41) is 3.16. The van der Waals surface area contributed by atoms with Crippen LogP contribution in [0.2, 0.25) is 0 Å². The van der Waals surface area contributed by atoms with Crippen LogP contribution in [0, 0.1) is 0 Å². The molecule has 1 aliphatic rings. The lowest BCUT2D eigenvalue weighted by Gasteiger charge is -2.30. The number of nitrogen functional groups attached to an aromatic ring is 1. The number of rotatable bonds is 1. The second kappa shape index (κ2) is 3.58. The van der Waals surface area contributed by atoms with E-state index in [4.69, 9.17) is 5.73 Å². The Morgan fingerprint density at radius 3 is 2.29 bits per heavy atom. The third-order valence-corrected chi connectivity index (χ3v) is 2.82. The number of nitrogens with one attached hydrogen (secondary N) is 1. The zero-order valence-electron chi connectivity index (χ0n) is 8.09. The maximum atomic E-state index is 14.4. The molecule has 1 aromatic carbocycles. The molecule has 1 heterocycles. The molecule has 1 saturated heterocycles. The van der Waals surface area contributed by atoms with Crippen LogP contribution in [0.1, 0.15) is 18.4 Å². The van der Waals surface area contributed by atoms with Crippen LogP contribution in [0.4, 0.5) is 10.1 Å². The quantitative estimate of drug-likeness (QED) is 0.669. The van der Waals surface area contributed by atoms with Crippen LogP contribution in [-0.4, -0.2) is 13.1 Å². The molecule has 2 nitrogen and oxygen atoms in total. The Bertz CT molecular complexity index is 302. The number of piperidine rings is 1. The average Bonchev–Trinajstić information content (AvgIpc) is 2.19. The molecule has 1 aliphatic heterocycles. The molecule has 3 N–H and O–H groups in total. The molecule has 0 saturated carbocycles. The maximum absolute atomic E-state index is 14.4. The molecule has 0 radical (unpaired) electrons. The molecule has 76 valence electrons. The zero-order chi connectivity index (χ0) is 10.0. The highest BCUT2D eigenvalue weighted by Crippen LogP contribution is 2.34. The Morgan fingerprint density at radius 2 is 1.71 bits per heavy atom. The largest absolute Gasteiger partial charge is 0.399 e. The number of hydrogen-bond donors (Lipinski definition) is 2. The van der Waals surface area contributed by atoms with E-state index in [9.17, 15) is 4.39 Å². The van der Waals surface area contributed by atoms with Gasteiger partial charge in [-0.25, -0.2) is 4.39 Å². The molecule has 0 aromatic heterocycles. The molecular formula is C11H15FN2. The second-order valence-electron chi connectivity index (χ2n) is 3.84. The van der Waals surface area contributed by atoms with Crippen LogP contribution in [0.3, 0.4) is 0 Å². The number of benzene rings is 1. The van der Waals surface area contributed by atoms with Crippen LogP contribution in [0.25, 0.3) is 0 Å². The maximum Gasteiger partial charge on any atom is 0.138 e. The lowest BCUT2D eigenvalue weighted by molar-refractivity contribution is 0.115. The lowest BCUT2D eigenvalue weighted by Crippen LogP contribution is -2.36. The van der Waals surface area contributed by atoms with Gasteiger partial charge in [0.2, 0.25) is 0 Å². The molecule has 2 rings (SSSR count). The van der Waals surface area contributed by atoms with E-state index in [1.165, 1.54) is 0 Å². The smallest absolute Gasteiger partial charge is 0.138 e. The van der Waals surface area contributed by atoms with Crippen molar-refractivity contribution >= 4 is 5.69 Å². The summed E-state index contributed by atoms with van der Waals surface area (Å²) in [5.41, 5.74) is 5.85. The Balaban J connectivity index is 2.23. The van der Waals surface area contributed by atoms with Crippen molar-refractivity contribution < 1.29 is 4.39 Å². The number of anilines is 1. The highest BCUT2D eigenvalue weighted by molar-refractivity contribution is 5.41. The molecule has 1 aromatic rings. The van der Waals surface area contributed by atoms with E-state index >= 15 is 0 Å². The summed E-state index contributed by atoms with van der Waals surface area (Å²) in [4.78, 5) is 0. The Labute approximate surface area is 83.3 Å². The van der Waals surface area contributed by atoms with Crippen LogP contribution < -0.4 is 11.1 Å². The van der Waals surface area contributed by atoms with Gasteiger partial charge >= 0.3 is 0 Å². The number of hydrogen-bond acceptors (Lipinski definition) is 2. The molecule has 0 unspecified atom stereocenters. The topological polar surface area (TPSA) is 38.0 Å². The second-order valence-corrected chi connectivity index (χ2v) is 3.84. The minimum absolute atomic E-state index is 0.552. The first-order valence-corrected chi connectivity index (χ1v) is 4.96. The van der Waals surface area contributed by atoms with Crippen molar-refractivity contribution in [2.24, 2.45) is 0 Å². The summed E-state index contributed by atoms with van der Waals surface area (Å²) >= 11 is 0. The van der Waals surface area contributed by atoms with Crippen molar-refractivity contribution in [1.82, 2.24) is 5.32 Å². The molecule has 1 fully saturated rings. The molecule has 0 bridgehead atoms. The van der Waals surface area contributed by atoms with E-state index in [0.29, 0.717) is 18.5 Å². The first-order valence-electron chi connectivity index (χ1n) is 4.96. The summed E-state index contributed by atoms with van der Waals surface area (Å²) < 4.78 is 14.4. The van der Waals surface area contributed by atoms with E-state index in [0.717, 1.165) is 18.7 Å². The Morgan fingerprint density at radius 1 is 1.14 bits per heavy atom. The van der Waals surface area contributed by atoms with E-state index < -0.39 is 5.67 Å². The van der Waals surface area contributed by atoms with Gasteiger partial charge in [-0.2, -0.15) is 0 Å². The van der Waals surface area contributed by atoms with Crippen molar-refractivity contribution in [3.63, 3.8) is 0 Å². The van der Waals surface area contributed by atoms with Crippen LogP contribution in [0.15, 0.2) is 24.3 Å². The van der Waals surface area contributed by atoms with Gasteiger partial charge in [-0.1, -0.05) is 12.1 Å². The normalized spacial score (nSPS) is 20.6. The fraction of sp³-hybridized carbons (Fsp3) is 0.455. The first kappa shape index (κ1) is 9.46. The van der Waals surface area contributed by atoms with Crippen molar-refractivity contribution in [1.29, 1.82) is 0 Å². The van der Waals surface area contributed by atoms with Crippen molar-refractivity contribution in [2.75, 3.05) is 18.8 Å². The molecule has 0 atom stereocenters. The van der Waals surface area contributed by atoms with E-state index in [-0.39, 0.29) is 0 Å². The van der Waals surface area contributed by atoms with Crippen LogP contribution in [0.5, 0.6) is 0 Å². The highest BCUT2D eigenvalue weighted by Gasteiger charge is 2.33. The molecule has 0 amide bonds. The summed E-state index contributed by atoms with van der Waals surface area (Å²) in [6, 6.07) is 7.11. The number of nitrogens with two attached hydrogens (primary N) is 1. The summed E-state index contributed by atoms with van der Waals surface area (Å²) in [6.07, 6.45) is 1.10. The monoisotopic (exact) mass is 194 g/mol. The van der Waals surface area contributed by atoms with Gasteiger partial charge in [0.15, 0.2) is 0 Å². The van der Waals surface area contributed by atoms with Crippen LogP contribution in [-0.2, 0) is 5.67 Å². The lowest BCUT2D eigenvalue weighted by atomic mass is 9.87. The fourth-order valence-corrected chi connectivity index (χ4v) is 1.89. The average molecular weight is 194 g/mol. The zero-order valence-corrected chi connectivity index (χ0v) is 8.09. The highest BCUT2D eigenvalue weighted by atomic mass is 19.1. The van der Waals surface area contributed by atoms with Crippen molar-refractivity contribution in [3.8, 4) is 0 Å². The minimum atomic E-state index is -1.15. The summed E-state index contributed by atoms with van der Waals surface area (Å²) in [6.45, 7) is 1.50. The van der Waals surface area contributed by atoms with Crippen molar-refractivity contribution in [3.05, 3.63) is 29.8 Å². The molecule has 0 aliphatic carbocycles. The van der Waals surface area contributed by atoms with E-state index in [1.807, 2.05) is 0 Å². The third-order valence-electron chi connectivity index (χ3n) is 2.82. The van der Waals surface area contributed by atoms with Gasteiger partial charge < -0.3 is 11.1 Å². The Kier molecular flexibility index (Phi) is 2.42. The van der Waals surface area contributed by atoms with E-state index in [1.54, 1.807) is 24.3 Å². The summed E-state index contributed by atoms with van der Waals surface area (Å²) in [5.74, 6) is 0. The van der Waals surface area contributed by atoms with E-state index in [2.05, 4.69) is 5.32 Å². The van der Waals surface area contributed by atoms with Gasteiger partial charge in [0.25, 0.3) is 0 Å². The van der Waals surface area contributed by atoms with Crippen LogP contribution >= 0.6 is 0 Å². The number of alkyl halides is 1. The fourth-order valence-electron chi connectivity index (χ4n) is 1.89. The van der Waals surface area contributed by atoms with Crippen molar-refractivity contribution in [2.45, 2.75) is 18.5 Å². The molecule has 0 spiro atoms. The SMILES string of the molecule is Nc1ccc(C2(F)CCNCC2)cc1.